The highest BCUT2D eigenvalue weighted by atomic mass is 16.7. The van der Waals surface area contributed by atoms with E-state index in [0.29, 0.717) is 41.4 Å². The number of amides is 2. The molecule has 1 aromatic carbocycles. The third-order valence-corrected chi connectivity index (χ3v) is 4.92. The predicted molar refractivity (Wildman–Crippen MR) is 109 cm³/mol. The summed E-state index contributed by atoms with van der Waals surface area (Å²) in [5.74, 6) is 0.666. The second-order valence-electron chi connectivity index (χ2n) is 7.55. The van der Waals surface area contributed by atoms with Crippen LogP contribution in [0.3, 0.4) is 0 Å². The fourth-order valence-electron chi connectivity index (χ4n) is 3.18. The van der Waals surface area contributed by atoms with Gasteiger partial charge in [0.2, 0.25) is 18.1 Å². The van der Waals surface area contributed by atoms with Crippen LogP contribution in [0.5, 0.6) is 11.5 Å². The molecule has 0 fully saturated rings. The Labute approximate surface area is 169 Å². The second-order valence-corrected chi connectivity index (χ2v) is 7.55. The first-order valence-corrected chi connectivity index (χ1v) is 9.87. The molecule has 0 bridgehead atoms. The summed E-state index contributed by atoms with van der Waals surface area (Å²) >= 11 is 0. The average molecular weight is 401 g/mol. The number of fused-ring (bicyclic) bond motifs is 2. The van der Waals surface area contributed by atoms with Crippen LogP contribution in [-0.2, 0) is 11.3 Å². The Morgan fingerprint density at radius 1 is 1.17 bits per heavy atom. The van der Waals surface area contributed by atoms with Crippen LogP contribution in [0.1, 0.15) is 44.5 Å². The van der Waals surface area contributed by atoms with Crippen molar-refractivity contribution in [2.45, 2.75) is 46.7 Å². The quantitative estimate of drug-likeness (QED) is 0.740. The molecule has 8 nitrogen and oxygen atoms in total. The first-order chi connectivity index (χ1) is 13.8. The van der Waals surface area contributed by atoms with Crippen molar-refractivity contribution in [1.82, 2.24) is 15.2 Å². The Balaban J connectivity index is 1.84. The van der Waals surface area contributed by atoms with Gasteiger partial charge in [-0.2, -0.15) is 0 Å². The number of nitrogens with zero attached hydrogens (tertiary/aromatic N) is 1. The van der Waals surface area contributed by atoms with Crippen LogP contribution in [0, 0.1) is 5.92 Å². The number of hydrogen-bond acceptors (Lipinski definition) is 5. The zero-order valence-electron chi connectivity index (χ0n) is 17.2. The maximum Gasteiger partial charge on any atom is 0.257 e. The van der Waals surface area contributed by atoms with E-state index in [9.17, 15) is 14.4 Å². The van der Waals surface area contributed by atoms with Crippen LogP contribution in [-0.4, -0.2) is 35.8 Å². The molecule has 2 amide bonds. The number of carbonyl (C=O) groups excluding carboxylic acids is 2. The van der Waals surface area contributed by atoms with Gasteiger partial charge in [0.15, 0.2) is 11.5 Å². The van der Waals surface area contributed by atoms with Gasteiger partial charge in [0, 0.05) is 25.4 Å². The van der Waals surface area contributed by atoms with Crippen molar-refractivity contribution in [1.29, 1.82) is 0 Å². The number of pyridine rings is 1. The molecule has 3 rings (SSSR count). The molecule has 0 saturated carbocycles. The van der Waals surface area contributed by atoms with Crippen LogP contribution < -0.4 is 25.5 Å². The van der Waals surface area contributed by atoms with E-state index in [1.54, 1.807) is 23.6 Å². The highest BCUT2D eigenvalue weighted by Crippen LogP contribution is 2.35. The van der Waals surface area contributed by atoms with Gasteiger partial charge in [0.05, 0.1) is 10.9 Å². The summed E-state index contributed by atoms with van der Waals surface area (Å²) < 4.78 is 12.6. The molecular weight excluding hydrogens is 374 g/mol. The highest BCUT2D eigenvalue weighted by Gasteiger charge is 2.22. The highest BCUT2D eigenvalue weighted by molar-refractivity contribution is 6.00. The van der Waals surface area contributed by atoms with Crippen LogP contribution in [0.15, 0.2) is 23.1 Å². The molecule has 0 aliphatic carbocycles. The maximum absolute atomic E-state index is 13.0. The summed E-state index contributed by atoms with van der Waals surface area (Å²) in [5, 5.41) is 5.79. The molecule has 0 spiro atoms. The second kappa shape index (κ2) is 8.55. The molecule has 29 heavy (non-hydrogen) atoms. The van der Waals surface area contributed by atoms with Gasteiger partial charge < -0.3 is 24.7 Å². The van der Waals surface area contributed by atoms with E-state index < -0.39 is 17.4 Å². The fraction of sp³-hybridized carbons (Fsp3) is 0.476. The van der Waals surface area contributed by atoms with Crippen LogP contribution >= 0.6 is 0 Å². The predicted octanol–water partition coefficient (Wildman–Crippen LogP) is 2.03. The molecule has 8 heteroatoms. The van der Waals surface area contributed by atoms with Gasteiger partial charge in [0.25, 0.3) is 5.91 Å². The van der Waals surface area contributed by atoms with Crippen LogP contribution in [0.4, 0.5) is 0 Å². The van der Waals surface area contributed by atoms with E-state index in [1.165, 1.54) is 6.20 Å². The van der Waals surface area contributed by atoms with Gasteiger partial charge in [0.1, 0.15) is 11.6 Å². The number of ether oxygens (including phenoxy) is 2. The van der Waals surface area contributed by atoms with Gasteiger partial charge in [-0.25, -0.2) is 0 Å². The lowest BCUT2D eigenvalue weighted by Crippen LogP contribution is -2.46. The lowest BCUT2D eigenvalue weighted by molar-refractivity contribution is -0.122. The molecule has 0 radical (unpaired) electrons. The molecule has 2 N–H and O–H groups in total. The third kappa shape index (κ3) is 4.36. The minimum atomic E-state index is -0.753. The molecule has 2 heterocycles. The molecule has 1 unspecified atom stereocenters. The lowest BCUT2D eigenvalue weighted by atomic mass is 10.1. The molecule has 1 aromatic heterocycles. The first-order valence-electron chi connectivity index (χ1n) is 9.87. The summed E-state index contributed by atoms with van der Waals surface area (Å²) in [6, 6.07) is 2.59. The monoisotopic (exact) mass is 401 g/mol. The first kappa shape index (κ1) is 20.7. The van der Waals surface area contributed by atoms with Crippen molar-refractivity contribution in [2.75, 3.05) is 13.3 Å². The van der Waals surface area contributed by atoms with Crippen molar-refractivity contribution in [2.24, 2.45) is 5.92 Å². The van der Waals surface area contributed by atoms with Crippen LogP contribution in [0.2, 0.25) is 0 Å². The van der Waals surface area contributed by atoms with Crippen molar-refractivity contribution in [3.05, 3.63) is 34.1 Å². The largest absolute Gasteiger partial charge is 0.454 e. The number of carbonyl (C=O) groups is 2. The molecule has 1 aliphatic heterocycles. The maximum atomic E-state index is 13.0. The number of benzene rings is 1. The van der Waals surface area contributed by atoms with Crippen molar-refractivity contribution in [3.8, 4) is 11.5 Å². The molecule has 2 aromatic rings. The minimum Gasteiger partial charge on any atom is -0.454 e. The number of aryl methyl sites for hydroxylation is 1. The molecular formula is C21H27N3O5. The lowest BCUT2D eigenvalue weighted by Gasteiger charge is -2.16. The Morgan fingerprint density at radius 3 is 2.52 bits per heavy atom. The van der Waals surface area contributed by atoms with Gasteiger partial charge in [-0.3, -0.25) is 14.4 Å². The Bertz CT molecular complexity index is 996. The number of nitrogens with one attached hydrogen (secondary N) is 2. The van der Waals surface area contributed by atoms with Gasteiger partial charge >= 0.3 is 0 Å². The summed E-state index contributed by atoms with van der Waals surface area (Å²) in [4.78, 5) is 37.9. The zero-order chi connectivity index (χ0) is 21.1. The van der Waals surface area contributed by atoms with E-state index in [2.05, 4.69) is 24.5 Å². The normalized spacial score (nSPS) is 13.6. The van der Waals surface area contributed by atoms with Crippen molar-refractivity contribution in [3.63, 3.8) is 0 Å². The molecule has 0 saturated heterocycles. The number of aromatic nitrogens is 1. The third-order valence-electron chi connectivity index (χ3n) is 4.92. The Morgan fingerprint density at radius 2 is 1.86 bits per heavy atom. The summed E-state index contributed by atoms with van der Waals surface area (Å²) in [5.41, 5.74) is 0.241. The van der Waals surface area contributed by atoms with Crippen molar-refractivity contribution >= 4 is 22.7 Å². The summed E-state index contributed by atoms with van der Waals surface area (Å²) in [6.45, 7) is 8.86. The van der Waals surface area contributed by atoms with Crippen molar-refractivity contribution < 1.29 is 19.1 Å². The number of hydrogen-bond donors (Lipinski definition) is 2. The van der Waals surface area contributed by atoms with E-state index in [1.807, 2.05) is 6.92 Å². The minimum absolute atomic E-state index is 0.0138. The van der Waals surface area contributed by atoms with E-state index >= 15 is 0 Å². The van der Waals surface area contributed by atoms with Gasteiger partial charge in [-0.05, 0) is 32.3 Å². The van der Waals surface area contributed by atoms with Crippen LogP contribution in [0.25, 0.3) is 10.9 Å². The Hall–Kier alpha value is -3.03. The fourth-order valence-corrected chi connectivity index (χ4v) is 3.18. The average Bonchev–Trinajstić information content (AvgIpc) is 3.14. The van der Waals surface area contributed by atoms with Gasteiger partial charge in [-0.15, -0.1) is 0 Å². The van der Waals surface area contributed by atoms with E-state index in [0.717, 1.165) is 6.42 Å². The van der Waals surface area contributed by atoms with Gasteiger partial charge in [-0.1, -0.05) is 13.8 Å². The number of rotatable bonds is 7. The zero-order valence-corrected chi connectivity index (χ0v) is 17.2. The topological polar surface area (TPSA) is 98.7 Å². The molecule has 1 atom stereocenters. The van der Waals surface area contributed by atoms with E-state index in [4.69, 9.17) is 9.47 Å². The summed E-state index contributed by atoms with van der Waals surface area (Å²) in [6.07, 6.45) is 2.37. The van der Waals surface area contributed by atoms with E-state index in [-0.39, 0.29) is 18.3 Å². The standard InChI is InChI=1S/C21H27N3O5/c1-5-24-10-15(21(27)23-13(4)20(26)22-7-6-12(2)3)19(25)14-8-17-18(9-16(14)24)29-11-28-17/h8-10,12-13H,5-7,11H2,1-4H3,(H,22,26)(H,23,27). The molecule has 156 valence electrons. The SMILES string of the molecule is CCn1cc(C(=O)NC(C)C(=O)NCCC(C)C)c(=O)c2cc3c(cc21)OCO3. The molecule has 1 aliphatic rings. The smallest absolute Gasteiger partial charge is 0.257 e. The Kier molecular flexibility index (Phi) is 6.10. The summed E-state index contributed by atoms with van der Waals surface area (Å²) in [7, 11) is 0.